The Morgan fingerprint density at radius 2 is 1.67 bits per heavy atom. The number of halogens is 2. The summed E-state index contributed by atoms with van der Waals surface area (Å²) in [6.45, 7) is 1.90. The minimum atomic E-state index is 0.0778. The van der Waals surface area contributed by atoms with Crippen LogP contribution in [0.15, 0.2) is 36.5 Å². The average Bonchev–Trinajstić information content (AvgIpc) is 3.66. The fraction of sp³-hybridized carbons (Fsp3) is 0.385. The van der Waals surface area contributed by atoms with Gasteiger partial charge in [-0.25, -0.2) is 5.84 Å². The predicted octanol–water partition coefficient (Wildman–Crippen LogP) is 6.06. The van der Waals surface area contributed by atoms with Crippen LogP contribution < -0.4 is 16.6 Å². The van der Waals surface area contributed by atoms with Crippen molar-refractivity contribution in [2.24, 2.45) is 17.5 Å². The van der Waals surface area contributed by atoms with Gasteiger partial charge in [0, 0.05) is 39.6 Å². The number of rotatable bonds is 5. The van der Waals surface area contributed by atoms with Crippen molar-refractivity contribution in [3.05, 3.63) is 57.7 Å². The number of nitrogens with zero attached hydrogens (tertiary/aromatic N) is 2. The van der Waals surface area contributed by atoms with Gasteiger partial charge in [-0.05, 0) is 86.4 Å². The SMILES string of the molecule is Cc1c(Cl)cc(-c2ccc3ncc(C(=O)C4CC4)c(N(N)[C@H]4CC[C@H](N)CC4)c3c2)cc1Cl. The summed E-state index contributed by atoms with van der Waals surface area (Å²) in [7, 11) is 0. The highest BCUT2D eigenvalue weighted by molar-refractivity contribution is 6.36. The zero-order valence-corrected chi connectivity index (χ0v) is 20.2. The molecule has 0 amide bonds. The van der Waals surface area contributed by atoms with E-state index in [2.05, 4.69) is 4.98 Å². The Labute approximate surface area is 204 Å². The van der Waals surface area contributed by atoms with E-state index in [1.165, 1.54) is 0 Å². The third-order valence-corrected chi connectivity index (χ3v) is 7.85. The number of fused-ring (bicyclic) bond motifs is 1. The zero-order chi connectivity index (χ0) is 23.3. The molecule has 0 atom stereocenters. The number of hydrazine groups is 1. The molecule has 33 heavy (non-hydrogen) atoms. The lowest BCUT2D eigenvalue weighted by Crippen LogP contribution is -2.46. The molecule has 2 fully saturated rings. The number of nitrogens with two attached hydrogens (primary N) is 2. The second-order valence-corrected chi connectivity index (χ2v) is 10.2. The summed E-state index contributed by atoms with van der Waals surface area (Å²) in [5.41, 5.74) is 11.0. The number of benzene rings is 2. The van der Waals surface area contributed by atoms with E-state index in [1.807, 2.05) is 42.3 Å². The highest BCUT2D eigenvalue weighted by atomic mass is 35.5. The Kier molecular flexibility index (Phi) is 6.08. The predicted molar refractivity (Wildman–Crippen MR) is 136 cm³/mol. The maximum absolute atomic E-state index is 13.2. The van der Waals surface area contributed by atoms with Crippen LogP contribution in [0.1, 0.15) is 54.4 Å². The first kappa shape index (κ1) is 22.6. The van der Waals surface area contributed by atoms with Crippen molar-refractivity contribution in [3.63, 3.8) is 0 Å². The number of carbonyl (C=O) groups excluding carboxylic acids is 1. The van der Waals surface area contributed by atoms with Gasteiger partial charge in [0.05, 0.1) is 16.8 Å². The summed E-state index contributed by atoms with van der Waals surface area (Å²) in [4.78, 5) is 17.8. The first-order valence-corrected chi connectivity index (χ1v) is 12.3. The molecule has 5 nitrogen and oxygen atoms in total. The van der Waals surface area contributed by atoms with E-state index in [9.17, 15) is 4.79 Å². The molecule has 172 valence electrons. The highest BCUT2D eigenvalue weighted by Gasteiger charge is 2.34. The fourth-order valence-electron chi connectivity index (χ4n) is 4.76. The first-order chi connectivity index (χ1) is 15.8. The maximum atomic E-state index is 13.2. The van der Waals surface area contributed by atoms with Gasteiger partial charge in [-0.3, -0.25) is 9.78 Å². The molecule has 0 saturated heterocycles. The Bertz CT molecular complexity index is 1210. The molecule has 2 aliphatic rings. The smallest absolute Gasteiger partial charge is 0.169 e. The van der Waals surface area contributed by atoms with Gasteiger partial charge in [-0.2, -0.15) is 0 Å². The van der Waals surface area contributed by atoms with Crippen LogP contribution in [0.3, 0.4) is 0 Å². The summed E-state index contributed by atoms with van der Waals surface area (Å²) < 4.78 is 0. The number of ketones is 1. The molecule has 2 aliphatic carbocycles. The summed E-state index contributed by atoms with van der Waals surface area (Å²) in [5, 5.41) is 3.91. The topological polar surface area (TPSA) is 85.2 Å². The van der Waals surface area contributed by atoms with Crippen molar-refractivity contribution < 1.29 is 4.79 Å². The van der Waals surface area contributed by atoms with Crippen LogP contribution in [0.4, 0.5) is 5.69 Å². The monoisotopic (exact) mass is 482 g/mol. The minimum Gasteiger partial charge on any atom is -0.328 e. The molecule has 4 N–H and O–H groups in total. The number of pyridine rings is 1. The third-order valence-electron chi connectivity index (χ3n) is 7.06. The van der Waals surface area contributed by atoms with Crippen molar-refractivity contribution in [2.75, 3.05) is 5.01 Å². The number of carbonyl (C=O) groups is 1. The average molecular weight is 483 g/mol. The van der Waals surface area contributed by atoms with Gasteiger partial charge in [-0.15, -0.1) is 0 Å². The first-order valence-electron chi connectivity index (χ1n) is 11.6. The maximum Gasteiger partial charge on any atom is 0.169 e. The van der Waals surface area contributed by atoms with Gasteiger partial charge >= 0.3 is 0 Å². The van der Waals surface area contributed by atoms with Gasteiger partial charge in [0.25, 0.3) is 0 Å². The van der Waals surface area contributed by atoms with Gasteiger partial charge in [0.15, 0.2) is 5.78 Å². The molecule has 5 rings (SSSR count). The van der Waals surface area contributed by atoms with E-state index in [1.54, 1.807) is 6.20 Å². The van der Waals surface area contributed by atoms with E-state index in [-0.39, 0.29) is 23.8 Å². The lowest BCUT2D eigenvalue weighted by atomic mass is 9.90. The van der Waals surface area contributed by atoms with Crippen LogP contribution in [0.2, 0.25) is 10.0 Å². The van der Waals surface area contributed by atoms with Crippen molar-refractivity contribution in [1.29, 1.82) is 0 Å². The van der Waals surface area contributed by atoms with Crippen molar-refractivity contribution >= 4 is 45.6 Å². The molecule has 0 spiro atoms. The van der Waals surface area contributed by atoms with Crippen LogP contribution in [0.5, 0.6) is 0 Å². The molecular formula is C26H28Cl2N4O. The number of aromatic nitrogens is 1. The lowest BCUT2D eigenvalue weighted by Gasteiger charge is -2.35. The van der Waals surface area contributed by atoms with E-state index < -0.39 is 0 Å². The third kappa shape index (κ3) is 4.35. The molecule has 3 aromatic rings. The lowest BCUT2D eigenvalue weighted by molar-refractivity contribution is 0.0967. The fourth-order valence-corrected chi connectivity index (χ4v) is 5.24. The molecule has 2 saturated carbocycles. The summed E-state index contributed by atoms with van der Waals surface area (Å²) >= 11 is 12.8. The molecule has 0 unspecified atom stereocenters. The Morgan fingerprint density at radius 1 is 1.00 bits per heavy atom. The van der Waals surface area contributed by atoms with Crippen LogP contribution in [-0.4, -0.2) is 22.9 Å². The number of Topliss-reactive ketones (excluding diaryl/α,β-unsaturated/α-hetero) is 1. The minimum absolute atomic E-state index is 0.0778. The molecule has 0 bridgehead atoms. The number of anilines is 1. The van der Waals surface area contributed by atoms with Gasteiger partial charge in [0.1, 0.15) is 0 Å². The van der Waals surface area contributed by atoms with Gasteiger partial charge in [0.2, 0.25) is 0 Å². The standard InChI is InChI=1S/C26H28Cl2N4O/c1-14-22(27)11-17(12-23(14)28)16-4-9-24-20(10-16)25(21(13-31-24)26(33)15-2-3-15)32(30)19-7-5-18(29)6-8-19/h4,9-13,15,18-19H,2-3,5-8,29-30H2,1H3/t18-,19-. The summed E-state index contributed by atoms with van der Waals surface area (Å²) in [5.74, 6) is 6.98. The number of hydrogen-bond donors (Lipinski definition) is 2. The molecule has 1 aromatic heterocycles. The summed E-state index contributed by atoms with van der Waals surface area (Å²) in [6, 6.07) is 10.2. The van der Waals surface area contributed by atoms with E-state index in [0.29, 0.717) is 15.6 Å². The summed E-state index contributed by atoms with van der Waals surface area (Å²) in [6.07, 6.45) is 7.23. The van der Waals surface area contributed by atoms with Gasteiger partial charge in [-0.1, -0.05) is 29.3 Å². The second-order valence-electron chi connectivity index (χ2n) is 9.43. The molecular weight excluding hydrogens is 455 g/mol. The van der Waals surface area contributed by atoms with Gasteiger partial charge < -0.3 is 10.7 Å². The normalized spacial score (nSPS) is 20.8. The number of hydrogen-bond acceptors (Lipinski definition) is 5. The van der Waals surface area contributed by atoms with Crippen molar-refractivity contribution in [1.82, 2.24) is 4.98 Å². The Balaban J connectivity index is 1.66. The Hall–Kier alpha value is -2.18. The quantitative estimate of drug-likeness (QED) is 0.262. The van der Waals surface area contributed by atoms with Crippen molar-refractivity contribution in [2.45, 2.75) is 57.5 Å². The molecule has 2 aromatic carbocycles. The van der Waals surface area contributed by atoms with Crippen LogP contribution in [0.25, 0.3) is 22.0 Å². The molecule has 0 aliphatic heterocycles. The van der Waals surface area contributed by atoms with E-state index >= 15 is 0 Å². The molecule has 0 radical (unpaired) electrons. The largest absolute Gasteiger partial charge is 0.328 e. The van der Waals surface area contributed by atoms with E-state index in [4.69, 9.17) is 34.8 Å². The Morgan fingerprint density at radius 3 is 2.30 bits per heavy atom. The second kappa shape index (κ2) is 8.88. The highest BCUT2D eigenvalue weighted by Crippen LogP contribution is 2.40. The molecule has 7 heteroatoms. The van der Waals surface area contributed by atoms with Crippen LogP contribution in [0, 0.1) is 12.8 Å². The molecule has 1 heterocycles. The van der Waals surface area contributed by atoms with Crippen molar-refractivity contribution in [3.8, 4) is 11.1 Å². The van der Waals surface area contributed by atoms with Crippen LogP contribution in [-0.2, 0) is 0 Å². The van der Waals surface area contributed by atoms with E-state index in [0.717, 1.165) is 71.8 Å². The van der Waals surface area contributed by atoms with Crippen LogP contribution >= 0.6 is 23.2 Å². The zero-order valence-electron chi connectivity index (χ0n) is 18.7.